The number of aryl methyl sites for hydroxylation is 2. The van der Waals surface area contributed by atoms with Crippen LogP contribution in [0.4, 0.5) is 5.95 Å². The molecule has 0 atom stereocenters. The summed E-state index contributed by atoms with van der Waals surface area (Å²) in [6.07, 6.45) is 0. The van der Waals surface area contributed by atoms with E-state index >= 15 is 0 Å². The molecule has 3 aromatic rings. The second-order valence-electron chi connectivity index (χ2n) is 5.95. The molecule has 2 aromatic heterocycles. The molecule has 0 fully saturated rings. The van der Waals surface area contributed by atoms with Gasteiger partial charge in [-0.3, -0.25) is 4.68 Å². The van der Waals surface area contributed by atoms with Gasteiger partial charge in [-0.2, -0.15) is 5.10 Å². The monoisotopic (exact) mass is 337 g/mol. The fraction of sp³-hybridized carbons (Fsp3) is 0.278. The van der Waals surface area contributed by atoms with E-state index in [1.807, 2.05) is 56.9 Å². The van der Waals surface area contributed by atoms with Crippen molar-refractivity contribution in [2.75, 3.05) is 19.2 Å². The van der Waals surface area contributed by atoms with Gasteiger partial charge in [0.2, 0.25) is 12.7 Å². The number of nitrogens with zero attached hydrogens (tertiary/aromatic N) is 4. The highest BCUT2D eigenvalue weighted by atomic mass is 16.7. The summed E-state index contributed by atoms with van der Waals surface area (Å²) < 4.78 is 12.7. The van der Waals surface area contributed by atoms with Crippen LogP contribution in [0.25, 0.3) is 22.5 Å². The summed E-state index contributed by atoms with van der Waals surface area (Å²) >= 11 is 0. The van der Waals surface area contributed by atoms with E-state index in [1.165, 1.54) is 0 Å². The van der Waals surface area contributed by atoms with E-state index in [0.717, 1.165) is 45.4 Å². The van der Waals surface area contributed by atoms with E-state index < -0.39 is 0 Å². The first-order valence-electron chi connectivity index (χ1n) is 8.04. The van der Waals surface area contributed by atoms with Crippen LogP contribution in [0, 0.1) is 13.8 Å². The number of hydrogen-bond donors (Lipinski definition) is 1. The van der Waals surface area contributed by atoms with Crippen LogP contribution < -0.4 is 14.8 Å². The van der Waals surface area contributed by atoms with Crippen molar-refractivity contribution in [2.24, 2.45) is 7.05 Å². The molecule has 4 rings (SSSR count). The molecule has 1 aliphatic rings. The highest BCUT2D eigenvalue weighted by molar-refractivity contribution is 5.73. The molecule has 1 aliphatic heterocycles. The highest BCUT2D eigenvalue weighted by Crippen LogP contribution is 2.36. The van der Waals surface area contributed by atoms with Crippen LogP contribution in [0.15, 0.2) is 24.3 Å². The fourth-order valence-corrected chi connectivity index (χ4v) is 3.04. The molecule has 0 amide bonds. The second kappa shape index (κ2) is 5.77. The number of hydrogen-bond acceptors (Lipinski definition) is 6. The zero-order valence-corrected chi connectivity index (χ0v) is 14.6. The van der Waals surface area contributed by atoms with Gasteiger partial charge in [0.1, 0.15) is 0 Å². The van der Waals surface area contributed by atoms with Gasteiger partial charge in [0, 0.05) is 30.9 Å². The quantitative estimate of drug-likeness (QED) is 0.792. The molecule has 1 N–H and O–H groups in total. The van der Waals surface area contributed by atoms with Crippen LogP contribution in [0.1, 0.15) is 11.4 Å². The maximum absolute atomic E-state index is 5.48. The average Bonchev–Trinajstić information content (AvgIpc) is 3.18. The number of aromatic nitrogens is 4. The van der Waals surface area contributed by atoms with E-state index in [9.17, 15) is 0 Å². The molecule has 0 unspecified atom stereocenters. The fourth-order valence-electron chi connectivity index (χ4n) is 3.04. The number of nitrogens with one attached hydrogen (secondary N) is 1. The first-order chi connectivity index (χ1) is 12.1. The van der Waals surface area contributed by atoms with Crippen molar-refractivity contribution < 1.29 is 9.47 Å². The Hall–Kier alpha value is -3.09. The lowest BCUT2D eigenvalue weighted by Crippen LogP contribution is -2.00. The zero-order chi connectivity index (χ0) is 17.6. The Labute approximate surface area is 145 Å². The Bertz CT molecular complexity index is 964. The number of rotatable bonds is 3. The SMILES string of the molecule is CNc1nc(-c2ccc3c(c2)OCO3)cc(-c2c(C)nn(C)c2C)n1. The molecule has 7 nitrogen and oxygen atoms in total. The van der Waals surface area contributed by atoms with Crippen molar-refractivity contribution >= 4 is 5.95 Å². The third-order valence-corrected chi connectivity index (χ3v) is 4.38. The molecule has 25 heavy (non-hydrogen) atoms. The van der Waals surface area contributed by atoms with Crippen LogP contribution >= 0.6 is 0 Å². The van der Waals surface area contributed by atoms with Crippen molar-refractivity contribution in [1.82, 2.24) is 19.7 Å². The minimum atomic E-state index is 0.254. The normalized spacial score (nSPS) is 12.5. The van der Waals surface area contributed by atoms with E-state index in [4.69, 9.17) is 9.47 Å². The van der Waals surface area contributed by atoms with Crippen molar-refractivity contribution in [1.29, 1.82) is 0 Å². The van der Waals surface area contributed by atoms with E-state index in [-0.39, 0.29) is 6.79 Å². The lowest BCUT2D eigenvalue weighted by Gasteiger charge is -2.09. The molecular formula is C18H19N5O2. The van der Waals surface area contributed by atoms with Gasteiger partial charge < -0.3 is 14.8 Å². The number of fused-ring (bicyclic) bond motifs is 1. The maximum Gasteiger partial charge on any atom is 0.231 e. The summed E-state index contributed by atoms with van der Waals surface area (Å²) in [6, 6.07) is 7.80. The van der Waals surface area contributed by atoms with Crippen LogP contribution in [0.5, 0.6) is 11.5 Å². The summed E-state index contributed by atoms with van der Waals surface area (Å²) in [5.74, 6) is 2.05. The van der Waals surface area contributed by atoms with Crippen molar-refractivity contribution in [2.45, 2.75) is 13.8 Å². The van der Waals surface area contributed by atoms with Crippen LogP contribution in [0.2, 0.25) is 0 Å². The predicted octanol–water partition coefficient (Wildman–Crippen LogP) is 2.93. The van der Waals surface area contributed by atoms with Gasteiger partial charge in [0.05, 0.1) is 17.1 Å². The van der Waals surface area contributed by atoms with Gasteiger partial charge >= 0.3 is 0 Å². The molecular weight excluding hydrogens is 318 g/mol. The molecule has 0 spiro atoms. The van der Waals surface area contributed by atoms with Gasteiger partial charge in [0.15, 0.2) is 11.5 Å². The highest BCUT2D eigenvalue weighted by Gasteiger charge is 2.18. The topological polar surface area (TPSA) is 74.1 Å². The van der Waals surface area contributed by atoms with Crippen LogP contribution in [-0.2, 0) is 7.05 Å². The molecule has 1 aromatic carbocycles. The van der Waals surface area contributed by atoms with Crippen molar-refractivity contribution in [3.8, 4) is 34.0 Å². The summed E-state index contributed by atoms with van der Waals surface area (Å²) in [4.78, 5) is 9.22. The van der Waals surface area contributed by atoms with Crippen LogP contribution in [-0.4, -0.2) is 33.6 Å². The predicted molar refractivity (Wildman–Crippen MR) is 94.8 cm³/mol. The van der Waals surface area contributed by atoms with Gasteiger partial charge in [-0.1, -0.05) is 0 Å². The molecule has 0 saturated carbocycles. The number of ether oxygens (including phenoxy) is 2. The standard InChI is InChI=1S/C18H19N5O2/c1-10-17(11(2)23(4)22-10)14-8-13(20-18(19-3)21-14)12-5-6-15-16(7-12)25-9-24-15/h5-8H,9H2,1-4H3,(H,19,20,21). The van der Waals surface area contributed by atoms with E-state index in [0.29, 0.717) is 5.95 Å². The molecule has 0 aliphatic carbocycles. The third-order valence-electron chi connectivity index (χ3n) is 4.38. The number of anilines is 1. The lowest BCUT2D eigenvalue weighted by atomic mass is 10.1. The van der Waals surface area contributed by atoms with Gasteiger partial charge in [-0.05, 0) is 38.1 Å². The first kappa shape index (κ1) is 15.4. The molecule has 0 bridgehead atoms. The van der Waals surface area contributed by atoms with Crippen LogP contribution in [0.3, 0.4) is 0 Å². The van der Waals surface area contributed by atoms with Gasteiger partial charge in [-0.25, -0.2) is 9.97 Å². The van der Waals surface area contributed by atoms with Crippen molar-refractivity contribution in [3.63, 3.8) is 0 Å². The van der Waals surface area contributed by atoms with E-state index in [2.05, 4.69) is 20.4 Å². The third kappa shape index (κ3) is 2.57. The van der Waals surface area contributed by atoms with E-state index in [1.54, 1.807) is 0 Å². The Morgan fingerprint density at radius 1 is 1.04 bits per heavy atom. The minimum absolute atomic E-state index is 0.254. The Kier molecular flexibility index (Phi) is 3.56. The maximum atomic E-state index is 5.48. The smallest absolute Gasteiger partial charge is 0.231 e. The molecule has 128 valence electrons. The largest absolute Gasteiger partial charge is 0.454 e. The minimum Gasteiger partial charge on any atom is -0.454 e. The summed E-state index contributed by atoms with van der Waals surface area (Å²) in [6.45, 7) is 4.28. The zero-order valence-electron chi connectivity index (χ0n) is 14.6. The van der Waals surface area contributed by atoms with Crippen molar-refractivity contribution in [3.05, 3.63) is 35.7 Å². The lowest BCUT2D eigenvalue weighted by molar-refractivity contribution is 0.174. The molecule has 3 heterocycles. The first-order valence-corrected chi connectivity index (χ1v) is 8.04. The Morgan fingerprint density at radius 3 is 2.52 bits per heavy atom. The Morgan fingerprint density at radius 2 is 1.80 bits per heavy atom. The van der Waals surface area contributed by atoms with Gasteiger partial charge in [-0.15, -0.1) is 0 Å². The second-order valence-corrected chi connectivity index (χ2v) is 5.95. The molecule has 0 saturated heterocycles. The summed E-state index contributed by atoms with van der Waals surface area (Å²) in [5.41, 5.74) is 5.64. The Balaban J connectivity index is 1.87. The van der Waals surface area contributed by atoms with Gasteiger partial charge in [0.25, 0.3) is 0 Å². The summed E-state index contributed by atoms with van der Waals surface area (Å²) in [7, 11) is 3.75. The average molecular weight is 337 g/mol. The molecule has 0 radical (unpaired) electrons. The summed E-state index contributed by atoms with van der Waals surface area (Å²) in [5, 5.41) is 7.53. The molecule has 7 heteroatoms. The number of benzene rings is 1.